The highest BCUT2D eigenvalue weighted by atomic mass is 16.5. The topological polar surface area (TPSA) is 97.5 Å². The summed E-state index contributed by atoms with van der Waals surface area (Å²) in [7, 11) is 13.7. The summed E-state index contributed by atoms with van der Waals surface area (Å²) >= 11 is 0. The highest BCUT2D eigenvalue weighted by molar-refractivity contribution is 5.70. The van der Waals surface area contributed by atoms with Gasteiger partial charge in [-0.2, -0.15) is 10.2 Å². The van der Waals surface area contributed by atoms with Crippen LogP contribution in [0.25, 0.3) is 22.5 Å². The van der Waals surface area contributed by atoms with Crippen LogP contribution in [0.15, 0.2) is 36.4 Å². The molecule has 0 unspecified atom stereocenters. The molecule has 4 aromatic rings. The Morgan fingerprint density at radius 2 is 0.818 bits per heavy atom. The summed E-state index contributed by atoms with van der Waals surface area (Å²) in [6, 6.07) is 12.0. The third kappa shape index (κ3) is 6.27. The van der Waals surface area contributed by atoms with E-state index in [1.165, 1.54) is 0 Å². The Kier molecular flexibility index (Phi) is 9.50. The van der Waals surface area contributed by atoms with Crippen LogP contribution < -0.4 is 28.4 Å². The van der Waals surface area contributed by atoms with Crippen LogP contribution >= 0.6 is 0 Å². The number of piperazine rings is 1. The van der Waals surface area contributed by atoms with Gasteiger partial charge in [0.15, 0.2) is 23.0 Å². The van der Waals surface area contributed by atoms with Gasteiger partial charge in [0, 0.05) is 64.5 Å². The fourth-order valence-corrected chi connectivity index (χ4v) is 5.61. The van der Waals surface area contributed by atoms with Gasteiger partial charge in [0.2, 0.25) is 11.5 Å². The molecular weight excluding hydrogens is 564 g/mol. The first-order chi connectivity index (χ1) is 21.3. The lowest BCUT2D eigenvalue weighted by Crippen LogP contribution is -2.45. The Morgan fingerprint density at radius 1 is 0.500 bits per heavy atom. The normalized spacial score (nSPS) is 14.0. The third-order valence-corrected chi connectivity index (χ3v) is 8.11. The predicted octanol–water partition coefficient (Wildman–Crippen LogP) is 3.86. The summed E-state index contributed by atoms with van der Waals surface area (Å²) in [5.41, 5.74) is 5.83. The minimum Gasteiger partial charge on any atom is -0.493 e. The van der Waals surface area contributed by atoms with Crippen LogP contribution in [0.5, 0.6) is 34.5 Å². The molecular formula is C32H42N6O6. The molecule has 3 heterocycles. The Balaban J connectivity index is 1.23. The molecule has 0 saturated carbocycles. The lowest BCUT2D eigenvalue weighted by molar-refractivity contribution is 0.118. The van der Waals surface area contributed by atoms with E-state index in [9.17, 15) is 0 Å². The highest BCUT2D eigenvalue weighted by Gasteiger charge is 2.22. The molecule has 2 aromatic heterocycles. The standard InChI is InChI=1S/C32H42N6O6/c1-35-23(17-25(33-35)21-13-27(39-3)31(43-7)28(14-21)40-4)19-37-9-11-38(12-10-37)20-24-18-26(34-36(24)2)22-15-29(41-5)32(44-8)30(16-22)42-6/h13-18H,9-12,19-20H2,1-8H3. The summed E-state index contributed by atoms with van der Waals surface area (Å²) in [6.07, 6.45) is 0. The second kappa shape index (κ2) is 13.5. The van der Waals surface area contributed by atoms with Crippen molar-refractivity contribution in [1.29, 1.82) is 0 Å². The van der Waals surface area contributed by atoms with E-state index in [1.807, 2.05) is 47.7 Å². The Labute approximate surface area is 258 Å². The highest BCUT2D eigenvalue weighted by Crippen LogP contribution is 2.42. The fourth-order valence-electron chi connectivity index (χ4n) is 5.61. The first-order valence-corrected chi connectivity index (χ1v) is 14.4. The van der Waals surface area contributed by atoms with Crippen molar-refractivity contribution in [3.63, 3.8) is 0 Å². The van der Waals surface area contributed by atoms with Crippen molar-refractivity contribution in [2.24, 2.45) is 14.1 Å². The van der Waals surface area contributed by atoms with Gasteiger partial charge in [-0.25, -0.2) is 0 Å². The van der Waals surface area contributed by atoms with Crippen molar-refractivity contribution >= 4 is 0 Å². The molecule has 0 bridgehead atoms. The first kappa shape index (κ1) is 31.0. The monoisotopic (exact) mass is 606 g/mol. The minimum atomic E-state index is 0.566. The molecule has 1 aliphatic heterocycles. The number of rotatable bonds is 12. The Bertz CT molecular complexity index is 1420. The van der Waals surface area contributed by atoms with E-state index in [0.29, 0.717) is 34.5 Å². The molecule has 12 nitrogen and oxygen atoms in total. The van der Waals surface area contributed by atoms with Crippen LogP contribution in [0.3, 0.4) is 0 Å². The maximum absolute atomic E-state index is 5.54. The van der Waals surface area contributed by atoms with Gasteiger partial charge in [0.1, 0.15) is 0 Å². The summed E-state index contributed by atoms with van der Waals surface area (Å²) in [5.74, 6) is 3.55. The van der Waals surface area contributed by atoms with E-state index >= 15 is 0 Å². The van der Waals surface area contributed by atoms with Crippen molar-refractivity contribution < 1.29 is 28.4 Å². The second-order valence-corrected chi connectivity index (χ2v) is 10.7. The number of ether oxygens (including phenoxy) is 6. The maximum atomic E-state index is 5.54. The fraction of sp³-hybridized carbons (Fsp3) is 0.438. The molecule has 1 aliphatic rings. The molecule has 0 amide bonds. The number of hydrogen-bond acceptors (Lipinski definition) is 10. The zero-order valence-corrected chi connectivity index (χ0v) is 26.8. The SMILES string of the molecule is COc1cc(-c2cc(CN3CCN(Cc4cc(-c5cc(OC)c(OC)c(OC)c5)nn4C)CC3)n(C)n2)cc(OC)c1OC. The van der Waals surface area contributed by atoms with Gasteiger partial charge < -0.3 is 28.4 Å². The van der Waals surface area contributed by atoms with Gasteiger partial charge in [-0.3, -0.25) is 19.2 Å². The average Bonchev–Trinajstić information content (AvgIpc) is 3.61. The van der Waals surface area contributed by atoms with Crippen molar-refractivity contribution in [3.8, 4) is 57.0 Å². The van der Waals surface area contributed by atoms with Gasteiger partial charge in [0.05, 0.1) is 65.4 Å². The van der Waals surface area contributed by atoms with Crippen LogP contribution in [0.2, 0.25) is 0 Å². The Morgan fingerprint density at radius 3 is 1.09 bits per heavy atom. The number of methoxy groups -OCH3 is 6. The molecule has 44 heavy (non-hydrogen) atoms. The molecule has 12 heteroatoms. The number of aryl methyl sites for hydroxylation is 2. The molecule has 1 fully saturated rings. The molecule has 2 aromatic carbocycles. The van der Waals surface area contributed by atoms with Gasteiger partial charge in [-0.1, -0.05) is 0 Å². The molecule has 0 atom stereocenters. The Hall–Kier alpha value is -4.42. The van der Waals surface area contributed by atoms with Crippen LogP contribution in [-0.2, 0) is 27.2 Å². The molecule has 0 radical (unpaired) electrons. The van der Waals surface area contributed by atoms with Crippen LogP contribution in [0.4, 0.5) is 0 Å². The number of nitrogens with zero attached hydrogens (tertiary/aromatic N) is 6. The zero-order chi connectivity index (χ0) is 31.4. The van der Waals surface area contributed by atoms with Crippen molar-refractivity contribution in [3.05, 3.63) is 47.8 Å². The lowest BCUT2D eigenvalue weighted by atomic mass is 10.1. The molecule has 0 spiro atoms. The third-order valence-electron chi connectivity index (χ3n) is 8.11. The van der Waals surface area contributed by atoms with Crippen molar-refractivity contribution in [1.82, 2.24) is 29.4 Å². The van der Waals surface area contributed by atoms with Crippen molar-refractivity contribution in [2.45, 2.75) is 13.1 Å². The van der Waals surface area contributed by atoms with Gasteiger partial charge in [0.25, 0.3) is 0 Å². The molecule has 0 aliphatic carbocycles. The van der Waals surface area contributed by atoms with E-state index in [4.69, 9.17) is 38.6 Å². The van der Waals surface area contributed by atoms with Gasteiger partial charge in [-0.05, 0) is 36.4 Å². The summed E-state index contributed by atoms with van der Waals surface area (Å²) in [5, 5.41) is 9.57. The first-order valence-electron chi connectivity index (χ1n) is 14.4. The minimum absolute atomic E-state index is 0.566. The van der Waals surface area contributed by atoms with E-state index < -0.39 is 0 Å². The van der Waals surface area contributed by atoms with E-state index in [1.54, 1.807) is 42.7 Å². The summed E-state index contributed by atoms with van der Waals surface area (Å²) < 4.78 is 37.0. The summed E-state index contributed by atoms with van der Waals surface area (Å²) in [6.45, 7) is 5.48. The van der Waals surface area contributed by atoms with Crippen LogP contribution in [0.1, 0.15) is 11.4 Å². The quantitative estimate of drug-likeness (QED) is 0.237. The molecule has 236 valence electrons. The van der Waals surface area contributed by atoms with E-state index in [2.05, 4.69) is 21.9 Å². The second-order valence-electron chi connectivity index (χ2n) is 10.7. The maximum Gasteiger partial charge on any atom is 0.203 e. The number of benzene rings is 2. The molecule has 1 saturated heterocycles. The van der Waals surface area contributed by atoms with Crippen molar-refractivity contribution in [2.75, 3.05) is 68.8 Å². The van der Waals surface area contributed by atoms with Crippen LogP contribution in [0, 0.1) is 0 Å². The average molecular weight is 607 g/mol. The zero-order valence-electron chi connectivity index (χ0n) is 26.8. The smallest absolute Gasteiger partial charge is 0.203 e. The lowest BCUT2D eigenvalue weighted by Gasteiger charge is -2.34. The van der Waals surface area contributed by atoms with E-state index in [-0.39, 0.29) is 0 Å². The van der Waals surface area contributed by atoms with E-state index in [0.717, 1.165) is 73.2 Å². The largest absolute Gasteiger partial charge is 0.493 e. The number of aromatic nitrogens is 4. The van der Waals surface area contributed by atoms with Crippen LogP contribution in [-0.4, -0.2) is 98.2 Å². The number of hydrogen-bond donors (Lipinski definition) is 0. The molecule has 0 N–H and O–H groups in total. The molecule has 5 rings (SSSR count). The van der Waals surface area contributed by atoms with Gasteiger partial charge >= 0.3 is 0 Å². The predicted molar refractivity (Wildman–Crippen MR) is 167 cm³/mol. The summed E-state index contributed by atoms with van der Waals surface area (Å²) in [4.78, 5) is 4.94. The van der Waals surface area contributed by atoms with Gasteiger partial charge in [-0.15, -0.1) is 0 Å².